The molecule has 0 aromatic rings. The highest BCUT2D eigenvalue weighted by atomic mass is 127. The lowest BCUT2D eigenvalue weighted by molar-refractivity contribution is -0.114. The largest absolute Gasteiger partial charge is 0.378 e. The molecule has 0 atom stereocenters. The lowest BCUT2D eigenvalue weighted by atomic mass is 10.7. The zero-order valence-electron chi connectivity index (χ0n) is 7.22. The number of ether oxygens (including phenoxy) is 2. The average Bonchev–Trinajstić information content (AvgIpc) is 2.09. The predicted octanol–water partition coefficient (Wildman–Crippen LogP) is 0.963. The van der Waals surface area contributed by atoms with Crippen LogP contribution in [0.5, 0.6) is 0 Å². The van der Waals surface area contributed by atoms with Crippen molar-refractivity contribution in [3.05, 3.63) is 0 Å². The van der Waals surface area contributed by atoms with Gasteiger partial charge in [-0.25, -0.2) is 0 Å². The van der Waals surface area contributed by atoms with Crippen molar-refractivity contribution in [1.29, 1.82) is 0 Å². The van der Waals surface area contributed by atoms with Gasteiger partial charge in [-0.3, -0.25) is 4.79 Å². The fourth-order valence-corrected chi connectivity index (χ4v) is 1.19. The number of hydrogen-bond donors (Lipinski definition) is 1. The first-order chi connectivity index (χ1) is 6.27. The molecule has 0 heterocycles. The summed E-state index contributed by atoms with van der Waals surface area (Å²) >= 11 is 3.95. The van der Waals surface area contributed by atoms with Crippen molar-refractivity contribution >= 4 is 49.0 Å². The summed E-state index contributed by atoms with van der Waals surface area (Å²) in [6.07, 6.45) is 0. The number of carbonyl (C=O) groups excluding carboxylic acids is 1. The molecular formula is C7H13I2NO3. The molecule has 0 amide bonds. The molecule has 0 bridgehead atoms. The van der Waals surface area contributed by atoms with E-state index < -0.39 is 0 Å². The predicted molar refractivity (Wildman–Crippen MR) is 67.6 cm³/mol. The number of hydrogen-bond acceptors (Lipinski definition) is 4. The van der Waals surface area contributed by atoms with E-state index >= 15 is 0 Å². The first-order valence-corrected chi connectivity index (χ1v) is 6.48. The molecule has 13 heavy (non-hydrogen) atoms. The van der Waals surface area contributed by atoms with E-state index in [0.29, 0.717) is 19.8 Å². The van der Waals surface area contributed by atoms with E-state index in [9.17, 15) is 4.79 Å². The summed E-state index contributed by atoms with van der Waals surface area (Å²) in [6, 6.07) is 0. The summed E-state index contributed by atoms with van der Waals surface area (Å²) in [4.78, 5) is 10.4. The van der Waals surface area contributed by atoms with E-state index in [1.807, 2.05) is 0 Å². The van der Waals surface area contributed by atoms with Crippen molar-refractivity contribution in [2.24, 2.45) is 0 Å². The highest BCUT2D eigenvalue weighted by Crippen LogP contribution is 1.86. The Morgan fingerprint density at radius 1 is 1.23 bits per heavy atom. The van der Waals surface area contributed by atoms with E-state index in [4.69, 9.17) is 9.47 Å². The minimum Gasteiger partial charge on any atom is -0.378 e. The summed E-state index contributed by atoms with van der Waals surface area (Å²) in [5.41, 5.74) is 0. The molecule has 0 unspecified atom stereocenters. The molecule has 0 rings (SSSR count). The van der Waals surface area contributed by atoms with Gasteiger partial charge in [-0.1, -0.05) is 22.6 Å². The van der Waals surface area contributed by atoms with Crippen LogP contribution in [0.15, 0.2) is 0 Å². The van der Waals surface area contributed by atoms with Crippen molar-refractivity contribution in [3.63, 3.8) is 0 Å². The fraction of sp³-hybridized carbons (Fsp3) is 0.857. The molecule has 0 aromatic carbocycles. The molecule has 0 spiro atoms. The van der Waals surface area contributed by atoms with Gasteiger partial charge < -0.3 is 14.8 Å². The molecular weight excluding hydrogens is 400 g/mol. The summed E-state index contributed by atoms with van der Waals surface area (Å²) in [5, 5.41) is 3.12. The Hall–Kier alpha value is 1.01. The van der Waals surface area contributed by atoms with Crippen LogP contribution in [-0.2, 0) is 14.3 Å². The van der Waals surface area contributed by atoms with Gasteiger partial charge in [0.05, 0.1) is 19.8 Å². The summed E-state index contributed by atoms with van der Waals surface area (Å²) in [6.45, 7) is 2.75. The van der Waals surface area contributed by atoms with Gasteiger partial charge in [0, 0.05) is 33.7 Å². The zero-order valence-corrected chi connectivity index (χ0v) is 11.5. The second-order valence-electron chi connectivity index (χ2n) is 2.15. The smallest absolute Gasteiger partial charge is 0.217 e. The number of carbonyl (C=O) groups is 1. The fourth-order valence-electron chi connectivity index (χ4n) is 0.583. The van der Waals surface area contributed by atoms with Crippen LogP contribution in [0, 0.1) is 0 Å². The molecule has 1 N–H and O–H groups in total. The van der Waals surface area contributed by atoms with Crippen LogP contribution in [0.25, 0.3) is 0 Å². The third kappa shape index (κ3) is 13.0. The molecule has 0 saturated heterocycles. The third-order valence-electron chi connectivity index (χ3n) is 1.11. The third-order valence-corrected chi connectivity index (χ3v) is 1.96. The SMILES string of the molecule is O=C(I)COCCOCCNCI. The van der Waals surface area contributed by atoms with E-state index in [-0.39, 0.29) is 10.4 Å². The van der Waals surface area contributed by atoms with Gasteiger partial charge in [0.25, 0.3) is 0 Å². The maximum absolute atomic E-state index is 10.4. The van der Waals surface area contributed by atoms with Gasteiger partial charge in [-0.2, -0.15) is 0 Å². The molecule has 4 nitrogen and oxygen atoms in total. The minimum absolute atomic E-state index is 0.0178. The Labute approximate surface area is 105 Å². The summed E-state index contributed by atoms with van der Waals surface area (Å²) < 4.78 is 11.2. The summed E-state index contributed by atoms with van der Waals surface area (Å²) in [5.74, 6) is 0. The van der Waals surface area contributed by atoms with Crippen LogP contribution < -0.4 is 5.32 Å². The van der Waals surface area contributed by atoms with Gasteiger partial charge in [-0.05, 0) is 0 Å². The van der Waals surface area contributed by atoms with Gasteiger partial charge in [0.1, 0.15) is 6.61 Å². The van der Waals surface area contributed by atoms with Crippen molar-refractivity contribution < 1.29 is 14.3 Å². The lowest BCUT2D eigenvalue weighted by Gasteiger charge is -2.04. The highest BCUT2D eigenvalue weighted by Gasteiger charge is 1.94. The van der Waals surface area contributed by atoms with Crippen LogP contribution >= 0.6 is 45.2 Å². The molecule has 0 aliphatic heterocycles. The average molecular weight is 413 g/mol. The topological polar surface area (TPSA) is 47.6 Å². The first kappa shape index (κ1) is 14.0. The Balaban J connectivity index is 2.87. The van der Waals surface area contributed by atoms with Crippen molar-refractivity contribution in [2.45, 2.75) is 0 Å². The normalized spacial score (nSPS) is 10.3. The Morgan fingerprint density at radius 2 is 1.92 bits per heavy atom. The van der Waals surface area contributed by atoms with Gasteiger partial charge in [0.15, 0.2) is 0 Å². The van der Waals surface area contributed by atoms with Crippen molar-refractivity contribution in [1.82, 2.24) is 5.32 Å². The van der Waals surface area contributed by atoms with E-state index in [1.54, 1.807) is 22.6 Å². The molecule has 0 aliphatic carbocycles. The molecule has 0 radical (unpaired) electrons. The van der Waals surface area contributed by atoms with Crippen LogP contribution in [0.3, 0.4) is 0 Å². The molecule has 0 aliphatic rings. The van der Waals surface area contributed by atoms with E-state index in [0.717, 1.165) is 11.1 Å². The number of alkyl halides is 1. The van der Waals surface area contributed by atoms with Gasteiger partial charge >= 0.3 is 0 Å². The van der Waals surface area contributed by atoms with E-state index in [2.05, 4.69) is 27.9 Å². The van der Waals surface area contributed by atoms with Gasteiger partial charge in [0.2, 0.25) is 3.79 Å². The molecule has 6 heteroatoms. The van der Waals surface area contributed by atoms with Crippen molar-refractivity contribution in [2.75, 3.05) is 37.5 Å². The Morgan fingerprint density at radius 3 is 2.54 bits per heavy atom. The van der Waals surface area contributed by atoms with E-state index in [1.165, 1.54) is 0 Å². The Bertz CT molecular complexity index is 135. The standard InChI is InChI=1S/C7H13I2NO3/c8-6-10-1-2-12-3-4-13-5-7(9)11/h10H,1-6H2. The highest BCUT2D eigenvalue weighted by molar-refractivity contribution is 14.1. The van der Waals surface area contributed by atoms with Gasteiger partial charge in [-0.15, -0.1) is 0 Å². The van der Waals surface area contributed by atoms with Crippen LogP contribution in [-0.4, -0.2) is 41.3 Å². The number of nitrogens with one attached hydrogen (secondary N) is 1. The molecule has 0 fully saturated rings. The number of rotatable bonds is 9. The monoisotopic (exact) mass is 413 g/mol. The second-order valence-corrected chi connectivity index (χ2v) is 4.12. The van der Waals surface area contributed by atoms with Crippen LogP contribution in [0.4, 0.5) is 0 Å². The molecule has 0 aromatic heterocycles. The minimum atomic E-state index is 0.0178. The van der Waals surface area contributed by atoms with Crippen LogP contribution in [0.2, 0.25) is 0 Å². The summed E-state index contributed by atoms with van der Waals surface area (Å²) in [7, 11) is 0. The lowest BCUT2D eigenvalue weighted by Crippen LogP contribution is -2.19. The Kier molecular flexibility index (Phi) is 11.9. The van der Waals surface area contributed by atoms with Crippen molar-refractivity contribution in [3.8, 4) is 0 Å². The zero-order chi connectivity index (χ0) is 9.94. The second kappa shape index (κ2) is 11.1. The maximum atomic E-state index is 10.4. The number of halogens is 2. The first-order valence-electron chi connectivity index (χ1n) is 3.88. The van der Waals surface area contributed by atoms with Crippen LogP contribution in [0.1, 0.15) is 0 Å². The molecule has 0 saturated carbocycles. The quantitative estimate of drug-likeness (QED) is 0.201. The molecule has 78 valence electrons. The maximum Gasteiger partial charge on any atom is 0.217 e.